The molecular weight excluding hydrogens is 296 g/mol. The molecule has 1 saturated heterocycles. The Morgan fingerprint density at radius 2 is 1.94 bits per heavy atom. The number of carbonyl (C=O) groups excluding carboxylic acids is 1. The summed E-state index contributed by atoms with van der Waals surface area (Å²) in [7, 11) is 0. The van der Waals surface area contributed by atoms with Crippen molar-refractivity contribution in [1.29, 1.82) is 0 Å². The Balaban J connectivity index is 1.94. The van der Waals surface area contributed by atoms with E-state index in [9.17, 15) is 4.79 Å². The van der Waals surface area contributed by atoms with Crippen LogP contribution >= 0.6 is 15.9 Å². The quantitative estimate of drug-likeness (QED) is 0.795. The molecule has 0 bridgehead atoms. The molecule has 1 aliphatic rings. The predicted octanol–water partition coefficient (Wildman–Crippen LogP) is 1.77. The maximum Gasteiger partial charge on any atom is 0.228 e. The topological polar surface area (TPSA) is 51.0 Å². The van der Waals surface area contributed by atoms with Gasteiger partial charge in [0.2, 0.25) is 5.91 Å². The molecule has 0 N–H and O–H groups in total. The summed E-state index contributed by atoms with van der Waals surface area (Å²) in [5.41, 5.74) is 1.74. The lowest BCUT2D eigenvalue weighted by atomic mass is 10.2. The normalized spacial score (nSPS) is 19.5. The summed E-state index contributed by atoms with van der Waals surface area (Å²) in [4.78, 5) is 15.4. The summed E-state index contributed by atoms with van der Waals surface area (Å²) < 4.78 is 0. The minimum absolute atomic E-state index is 0.141. The van der Waals surface area contributed by atoms with Gasteiger partial charge in [-0.3, -0.25) is 4.79 Å². The van der Waals surface area contributed by atoms with Crippen LogP contribution in [0.4, 0.5) is 5.69 Å². The van der Waals surface area contributed by atoms with Gasteiger partial charge in [0.05, 0.1) is 18.1 Å². The molecule has 1 amide bonds. The fourth-order valence-corrected chi connectivity index (χ4v) is 2.61. The largest absolute Gasteiger partial charge is 0.311 e. The van der Waals surface area contributed by atoms with Crippen LogP contribution in [0.3, 0.4) is 0 Å². The lowest BCUT2D eigenvalue weighted by molar-refractivity contribution is -0.117. The van der Waals surface area contributed by atoms with E-state index >= 15 is 0 Å². The summed E-state index contributed by atoms with van der Waals surface area (Å²) in [6.07, 6.45) is 3.80. The first-order chi connectivity index (χ1) is 8.74. The second kappa shape index (κ2) is 4.53. The maximum absolute atomic E-state index is 11.8. The van der Waals surface area contributed by atoms with Gasteiger partial charge in [-0.25, -0.2) is 0 Å². The first kappa shape index (κ1) is 11.4. The van der Waals surface area contributed by atoms with E-state index in [4.69, 9.17) is 0 Å². The number of rotatable bonds is 2. The van der Waals surface area contributed by atoms with E-state index < -0.39 is 0 Å². The van der Waals surface area contributed by atoms with Gasteiger partial charge in [-0.2, -0.15) is 15.0 Å². The van der Waals surface area contributed by atoms with Gasteiger partial charge < -0.3 is 4.90 Å². The third kappa shape index (κ3) is 2.03. The van der Waals surface area contributed by atoms with Crippen LogP contribution in [0, 0.1) is 0 Å². The van der Waals surface area contributed by atoms with Crippen molar-refractivity contribution in [1.82, 2.24) is 15.0 Å². The highest BCUT2D eigenvalue weighted by molar-refractivity contribution is 9.09. The van der Waals surface area contributed by atoms with Crippen LogP contribution in [0.15, 0.2) is 36.7 Å². The van der Waals surface area contributed by atoms with Crippen LogP contribution in [-0.4, -0.2) is 32.3 Å². The highest BCUT2D eigenvalue weighted by Gasteiger charge is 2.28. The highest BCUT2D eigenvalue weighted by Crippen LogP contribution is 2.26. The minimum atomic E-state index is 0.141. The Morgan fingerprint density at radius 1 is 1.22 bits per heavy atom. The smallest absolute Gasteiger partial charge is 0.228 e. The van der Waals surface area contributed by atoms with Gasteiger partial charge in [0.15, 0.2) is 0 Å². The molecule has 0 saturated carbocycles. The first-order valence-corrected chi connectivity index (χ1v) is 6.57. The fraction of sp³-hybridized carbons (Fsp3) is 0.250. The molecule has 1 fully saturated rings. The second-order valence-electron chi connectivity index (χ2n) is 4.14. The molecule has 1 aromatic carbocycles. The van der Waals surface area contributed by atoms with Gasteiger partial charge in [0.25, 0.3) is 0 Å². The number of aromatic nitrogens is 3. The van der Waals surface area contributed by atoms with E-state index in [1.54, 1.807) is 17.3 Å². The van der Waals surface area contributed by atoms with Gasteiger partial charge in [-0.15, -0.1) is 0 Å². The molecule has 6 heteroatoms. The number of nitrogens with zero attached hydrogens (tertiary/aromatic N) is 4. The molecule has 5 nitrogen and oxygen atoms in total. The van der Waals surface area contributed by atoms with Crippen LogP contribution in [0.5, 0.6) is 0 Å². The third-order valence-corrected chi connectivity index (χ3v) is 3.48. The molecule has 1 aliphatic heterocycles. The van der Waals surface area contributed by atoms with Crippen molar-refractivity contribution >= 4 is 27.5 Å². The average Bonchev–Trinajstić information content (AvgIpc) is 2.99. The standard InChI is InChI=1S/C12H11BrN4O/c13-9-6-12(18)16(8-9)10-2-1-3-11(7-10)17-14-4-5-15-17/h1-5,7,9H,6,8H2. The number of halogens is 1. The Hall–Kier alpha value is -1.69. The molecule has 18 heavy (non-hydrogen) atoms. The summed E-state index contributed by atoms with van der Waals surface area (Å²) in [6.45, 7) is 0.703. The average molecular weight is 307 g/mol. The van der Waals surface area contributed by atoms with Crippen LogP contribution in [0.1, 0.15) is 6.42 Å². The highest BCUT2D eigenvalue weighted by atomic mass is 79.9. The van der Waals surface area contributed by atoms with Gasteiger partial charge >= 0.3 is 0 Å². The number of amides is 1. The monoisotopic (exact) mass is 306 g/mol. The predicted molar refractivity (Wildman–Crippen MR) is 71.0 cm³/mol. The minimum Gasteiger partial charge on any atom is -0.311 e. The summed E-state index contributed by atoms with van der Waals surface area (Å²) in [5.74, 6) is 0.141. The molecule has 1 unspecified atom stereocenters. The Morgan fingerprint density at radius 3 is 2.61 bits per heavy atom. The number of benzene rings is 1. The zero-order chi connectivity index (χ0) is 12.5. The molecule has 1 atom stereocenters. The number of hydrogen-bond acceptors (Lipinski definition) is 3. The van der Waals surface area contributed by atoms with E-state index in [0.29, 0.717) is 13.0 Å². The first-order valence-electron chi connectivity index (χ1n) is 5.65. The van der Waals surface area contributed by atoms with E-state index in [2.05, 4.69) is 26.1 Å². The van der Waals surface area contributed by atoms with Gasteiger partial charge in [-0.1, -0.05) is 22.0 Å². The van der Waals surface area contributed by atoms with E-state index in [-0.39, 0.29) is 10.7 Å². The second-order valence-corrected chi connectivity index (χ2v) is 5.44. The SMILES string of the molecule is O=C1CC(Br)CN1c1cccc(-n2nccn2)c1. The number of alkyl halides is 1. The maximum atomic E-state index is 11.8. The molecule has 3 rings (SSSR count). The summed E-state index contributed by atoms with van der Waals surface area (Å²) in [6, 6.07) is 7.66. The molecule has 0 spiro atoms. The Bertz CT molecular complexity index is 569. The zero-order valence-corrected chi connectivity index (χ0v) is 11.1. The summed E-state index contributed by atoms with van der Waals surface area (Å²) in [5, 5.41) is 8.16. The molecular formula is C12H11BrN4O. The number of hydrogen-bond donors (Lipinski definition) is 0. The molecule has 2 aromatic rings. The lowest BCUT2D eigenvalue weighted by Gasteiger charge is -2.16. The van der Waals surface area contributed by atoms with Gasteiger partial charge in [0, 0.05) is 23.5 Å². The zero-order valence-electron chi connectivity index (χ0n) is 9.53. The third-order valence-electron chi connectivity index (χ3n) is 2.87. The Labute approximate surface area is 113 Å². The van der Waals surface area contributed by atoms with Crippen molar-refractivity contribution in [2.45, 2.75) is 11.2 Å². The molecule has 0 radical (unpaired) electrons. The van der Waals surface area contributed by atoms with Crippen molar-refractivity contribution < 1.29 is 4.79 Å². The van der Waals surface area contributed by atoms with E-state index in [1.807, 2.05) is 24.3 Å². The number of anilines is 1. The molecule has 0 aliphatic carbocycles. The van der Waals surface area contributed by atoms with Gasteiger partial charge in [-0.05, 0) is 18.2 Å². The van der Waals surface area contributed by atoms with Crippen LogP contribution in [0.25, 0.3) is 5.69 Å². The van der Waals surface area contributed by atoms with Crippen molar-refractivity contribution in [3.63, 3.8) is 0 Å². The van der Waals surface area contributed by atoms with E-state index in [1.165, 1.54) is 4.80 Å². The van der Waals surface area contributed by atoms with Crippen LogP contribution in [-0.2, 0) is 4.79 Å². The molecule has 92 valence electrons. The van der Waals surface area contributed by atoms with E-state index in [0.717, 1.165) is 11.4 Å². The number of carbonyl (C=O) groups is 1. The lowest BCUT2D eigenvalue weighted by Crippen LogP contribution is -2.24. The van der Waals surface area contributed by atoms with Crippen LogP contribution in [0.2, 0.25) is 0 Å². The fourth-order valence-electron chi connectivity index (χ4n) is 2.05. The molecule has 2 heterocycles. The van der Waals surface area contributed by atoms with Crippen molar-refractivity contribution in [3.05, 3.63) is 36.7 Å². The molecule has 1 aromatic heterocycles. The Kier molecular flexibility index (Phi) is 2.87. The van der Waals surface area contributed by atoms with Crippen LogP contribution < -0.4 is 4.90 Å². The van der Waals surface area contributed by atoms with Gasteiger partial charge in [0.1, 0.15) is 0 Å². The van der Waals surface area contributed by atoms with Crippen molar-refractivity contribution in [2.24, 2.45) is 0 Å². The van der Waals surface area contributed by atoms with Crippen molar-refractivity contribution in [3.8, 4) is 5.69 Å². The summed E-state index contributed by atoms with van der Waals surface area (Å²) >= 11 is 3.48. The van der Waals surface area contributed by atoms with Crippen molar-refractivity contribution in [2.75, 3.05) is 11.4 Å².